The molecule has 2 heterocycles. The Labute approximate surface area is 197 Å². The van der Waals surface area contributed by atoms with Crippen molar-refractivity contribution >= 4 is 26.8 Å². The summed E-state index contributed by atoms with van der Waals surface area (Å²) < 4.78 is 39.5. The highest BCUT2D eigenvalue weighted by Crippen LogP contribution is 2.31. The molecule has 3 aromatic rings. The van der Waals surface area contributed by atoms with E-state index in [2.05, 4.69) is 4.98 Å². The van der Waals surface area contributed by atoms with E-state index >= 15 is 0 Å². The molecule has 1 saturated heterocycles. The average Bonchev–Trinajstić information content (AvgIpc) is 2.85. The molecule has 10 nitrogen and oxygen atoms in total. The molecular weight excluding hydrogens is 460 g/mol. The third-order valence-corrected chi connectivity index (χ3v) is 7.86. The van der Waals surface area contributed by atoms with Crippen molar-refractivity contribution < 1.29 is 22.7 Å². The number of benzene rings is 2. The van der Waals surface area contributed by atoms with Crippen molar-refractivity contribution in [1.29, 1.82) is 0 Å². The maximum absolute atomic E-state index is 13.2. The third kappa shape index (κ3) is 4.36. The van der Waals surface area contributed by atoms with Gasteiger partial charge in [0, 0.05) is 32.2 Å². The lowest BCUT2D eigenvalue weighted by atomic mass is 10.1. The van der Waals surface area contributed by atoms with E-state index in [-0.39, 0.29) is 54.8 Å². The molecular formula is C23H26N4O6S. The Balaban J connectivity index is 1.47. The fraction of sp³-hybridized carbons (Fsp3) is 0.348. The molecule has 0 saturated carbocycles. The van der Waals surface area contributed by atoms with Crippen LogP contribution in [0.25, 0.3) is 10.9 Å². The molecule has 34 heavy (non-hydrogen) atoms. The summed E-state index contributed by atoms with van der Waals surface area (Å²) in [6.45, 7) is 2.38. The number of aromatic nitrogens is 2. The predicted molar refractivity (Wildman–Crippen MR) is 126 cm³/mol. The first-order valence-corrected chi connectivity index (χ1v) is 12.1. The number of para-hydroxylation sites is 1. The zero-order chi connectivity index (χ0) is 24.5. The smallest absolute Gasteiger partial charge is 0.261 e. The second kappa shape index (κ2) is 9.43. The molecule has 0 spiro atoms. The Hall–Kier alpha value is -3.44. The predicted octanol–water partition coefficient (Wildman–Crippen LogP) is 1.26. The van der Waals surface area contributed by atoms with Gasteiger partial charge in [-0.05, 0) is 30.7 Å². The fourth-order valence-electron chi connectivity index (χ4n) is 4.00. The lowest BCUT2D eigenvalue weighted by Gasteiger charge is -2.34. The van der Waals surface area contributed by atoms with Gasteiger partial charge in [0.1, 0.15) is 22.9 Å². The van der Waals surface area contributed by atoms with Crippen LogP contribution in [0.5, 0.6) is 11.5 Å². The molecule has 180 valence electrons. The number of aryl methyl sites for hydroxylation is 1. The van der Waals surface area contributed by atoms with Gasteiger partial charge in [-0.15, -0.1) is 0 Å². The summed E-state index contributed by atoms with van der Waals surface area (Å²) in [6.07, 6.45) is 1.38. The summed E-state index contributed by atoms with van der Waals surface area (Å²) in [4.78, 5) is 31.6. The first kappa shape index (κ1) is 23.7. The number of sulfonamides is 1. The molecule has 11 heteroatoms. The molecule has 0 bridgehead atoms. The number of methoxy groups -OCH3 is 2. The van der Waals surface area contributed by atoms with Gasteiger partial charge in [-0.25, -0.2) is 13.4 Å². The van der Waals surface area contributed by atoms with Crippen molar-refractivity contribution in [2.75, 3.05) is 40.4 Å². The van der Waals surface area contributed by atoms with Crippen molar-refractivity contribution in [3.63, 3.8) is 0 Å². The van der Waals surface area contributed by atoms with Crippen LogP contribution in [0.1, 0.15) is 5.56 Å². The number of amides is 1. The second-order valence-electron chi connectivity index (χ2n) is 7.95. The number of carbonyl (C=O) groups excluding carboxylic acids is 1. The first-order valence-electron chi connectivity index (χ1n) is 10.7. The number of fused-ring (bicyclic) bond motifs is 1. The number of hydrogen-bond acceptors (Lipinski definition) is 7. The first-order chi connectivity index (χ1) is 16.3. The number of hydrogen-bond donors (Lipinski definition) is 0. The van der Waals surface area contributed by atoms with Gasteiger partial charge >= 0.3 is 0 Å². The van der Waals surface area contributed by atoms with Crippen LogP contribution in [0.3, 0.4) is 0 Å². The molecule has 1 amide bonds. The summed E-state index contributed by atoms with van der Waals surface area (Å²) in [5.74, 6) is 0.349. The Morgan fingerprint density at radius 1 is 1.06 bits per heavy atom. The Kier molecular flexibility index (Phi) is 6.58. The van der Waals surface area contributed by atoms with Gasteiger partial charge in [0.15, 0.2) is 0 Å². The molecule has 0 aliphatic carbocycles. The van der Waals surface area contributed by atoms with Crippen molar-refractivity contribution in [2.24, 2.45) is 0 Å². The number of ether oxygens (including phenoxy) is 2. The highest BCUT2D eigenvalue weighted by atomic mass is 32.2. The van der Waals surface area contributed by atoms with Gasteiger partial charge in [-0.1, -0.05) is 12.1 Å². The van der Waals surface area contributed by atoms with Crippen molar-refractivity contribution in [3.8, 4) is 11.5 Å². The van der Waals surface area contributed by atoms with E-state index < -0.39 is 10.0 Å². The Morgan fingerprint density at radius 3 is 2.47 bits per heavy atom. The summed E-state index contributed by atoms with van der Waals surface area (Å²) in [5, 5.41) is 0.457. The normalized spacial score (nSPS) is 14.9. The molecule has 0 N–H and O–H groups in total. The lowest BCUT2D eigenvalue weighted by molar-refractivity contribution is -0.133. The van der Waals surface area contributed by atoms with Crippen LogP contribution in [0.15, 0.2) is 52.4 Å². The fourth-order valence-corrected chi connectivity index (χ4v) is 5.59. The second-order valence-corrected chi connectivity index (χ2v) is 9.86. The van der Waals surface area contributed by atoms with E-state index in [1.54, 1.807) is 29.2 Å². The number of rotatable bonds is 6. The van der Waals surface area contributed by atoms with Gasteiger partial charge in [0.25, 0.3) is 5.56 Å². The largest absolute Gasteiger partial charge is 0.497 e. The minimum Gasteiger partial charge on any atom is -0.497 e. The summed E-state index contributed by atoms with van der Waals surface area (Å²) in [5.41, 5.74) is 1.22. The van der Waals surface area contributed by atoms with Crippen LogP contribution < -0.4 is 15.0 Å². The van der Waals surface area contributed by atoms with Crippen LogP contribution in [0.2, 0.25) is 0 Å². The zero-order valence-corrected chi connectivity index (χ0v) is 20.0. The quantitative estimate of drug-likeness (QED) is 0.516. The van der Waals surface area contributed by atoms with Crippen LogP contribution >= 0.6 is 0 Å². The maximum atomic E-state index is 13.2. The summed E-state index contributed by atoms with van der Waals surface area (Å²) in [6, 6.07) is 9.94. The minimum absolute atomic E-state index is 0.0122. The number of piperazine rings is 1. The summed E-state index contributed by atoms with van der Waals surface area (Å²) in [7, 11) is -0.992. The van der Waals surface area contributed by atoms with Crippen LogP contribution in [-0.2, 0) is 21.4 Å². The topological polar surface area (TPSA) is 111 Å². The highest BCUT2D eigenvalue weighted by Gasteiger charge is 2.32. The molecule has 1 fully saturated rings. The van der Waals surface area contributed by atoms with Gasteiger partial charge in [-0.2, -0.15) is 4.31 Å². The molecule has 0 radical (unpaired) electrons. The molecule has 4 rings (SSSR count). The summed E-state index contributed by atoms with van der Waals surface area (Å²) >= 11 is 0. The SMILES string of the molecule is COc1ccc(OC)c(S(=O)(=O)N2CCN(C(=O)Cn3cnc4c(C)cccc4c3=O)CC2)c1. The van der Waals surface area contributed by atoms with E-state index in [9.17, 15) is 18.0 Å². The molecule has 1 aliphatic rings. The lowest BCUT2D eigenvalue weighted by Crippen LogP contribution is -2.51. The van der Waals surface area contributed by atoms with Gasteiger partial charge in [0.2, 0.25) is 15.9 Å². The van der Waals surface area contributed by atoms with Gasteiger partial charge in [-0.3, -0.25) is 14.2 Å². The standard InChI is InChI=1S/C23H26N4O6S/c1-16-5-4-6-18-22(16)24-15-26(23(18)29)14-21(28)25-9-11-27(12-10-25)34(30,31)20-13-17(32-2)7-8-19(20)33-3/h4-8,13,15H,9-12,14H2,1-3H3. The number of carbonyl (C=O) groups is 1. The van der Waals surface area contributed by atoms with E-state index in [0.29, 0.717) is 16.7 Å². The van der Waals surface area contributed by atoms with E-state index in [1.165, 1.54) is 35.5 Å². The minimum atomic E-state index is -3.86. The van der Waals surface area contributed by atoms with E-state index in [0.717, 1.165) is 5.56 Å². The zero-order valence-electron chi connectivity index (χ0n) is 19.2. The number of nitrogens with zero attached hydrogens (tertiary/aromatic N) is 4. The Morgan fingerprint density at radius 2 is 1.79 bits per heavy atom. The molecule has 1 aliphatic heterocycles. The van der Waals surface area contributed by atoms with Gasteiger partial charge < -0.3 is 14.4 Å². The van der Waals surface area contributed by atoms with E-state index in [4.69, 9.17) is 9.47 Å². The van der Waals surface area contributed by atoms with Crippen molar-refractivity contribution in [1.82, 2.24) is 18.8 Å². The monoisotopic (exact) mass is 486 g/mol. The molecule has 0 atom stereocenters. The maximum Gasteiger partial charge on any atom is 0.261 e. The van der Waals surface area contributed by atoms with Crippen LogP contribution in [-0.4, -0.2) is 73.5 Å². The van der Waals surface area contributed by atoms with Crippen LogP contribution in [0, 0.1) is 6.92 Å². The van der Waals surface area contributed by atoms with Crippen molar-refractivity contribution in [2.45, 2.75) is 18.4 Å². The Bertz CT molecular complexity index is 1390. The highest BCUT2D eigenvalue weighted by molar-refractivity contribution is 7.89. The van der Waals surface area contributed by atoms with E-state index in [1.807, 2.05) is 13.0 Å². The van der Waals surface area contributed by atoms with Gasteiger partial charge in [0.05, 0.1) is 31.4 Å². The molecule has 0 unspecified atom stereocenters. The third-order valence-electron chi connectivity index (χ3n) is 5.94. The molecule has 1 aromatic heterocycles. The van der Waals surface area contributed by atoms with Crippen molar-refractivity contribution in [3.05, 3.63) is 58.6 Å². The molecule has 2 aromatic carbocycles. The average molecular weight is 487 g/mol. The van der Waals surface area contributed by atoms with Crippen LogP contribution in [0.4, 0.5) is 0 Å².